The van der Waals surface area contributed by atoms with Crippen LogP contribution in [0.5, 0.6) is 5.75 Å². The molecule has 0 saturated heterocycles. The summed E-state index contributed by atoms with van der Waals surface area (Å²) in [5.41, 5.74) is 0.651. The summed E-state index contributed by atoms with van der Waals surface area (Å²) in [7, 11) is 0. The number of hydrogen-bond donors (Lipinski definition) is 1. The zero-order valence-corrected chi connectivity index (χ0v) is 10.1. The summed E-state index contributed by atoms with van der Waals surface area (Å²) in [5, 5.41) is 3.27. The average molecular weight is 274 g/mol. The van der Waals surface area contributed by atoms with Gasteiger partial charge in [0.2, 0.25) is 0 Å². The van der Waals surface area contributed by atoms with Crippen molar-refractivity contribution in [3.8, 4) is 5.75 Å². The van der Waals surface area contributed by atoms with E-state index in [0.717, 1.165) is 17.4 Å². The van der Waals surface area contributed by atoms with Crippen LogP contribution in [-0.4, -0.2) is 13.2 Å². The van der Waals surface area contributed by atoms with Crippen LogP contribution in [0.25, 0.3) is 0 Å². The summed E-state index contributed by atoms with van der Waals surface area (Å²) in [4.78, 5) is 0. The van der Waals surface area contributed by atoms with E-state index in [1.54, 1.807) is 6.07 Å². The molecule has 2 rings (SSSR count). The number of nitrogens with one attached hydrogen (secondary N) is 1. The van der Waals surface area contributed by atoms with E-state index in [0.29, 0.717) is 17.9 Å². The molecule has 0 aromatic heterocycles. The summed E-state index contributed by atoms with van der Waals surface area (Å²) < 4.78 is 19.9. The summed E-state index contributed by atoms with van der Waals surface area (Å²) in [6.45, 7) is 3.47. The van der Waals surface area contributed by atoms with Crippen molar-refractivity contribution in [3.05, 3.63) is 28.0 Å². The van der Waals surface area contributed by atoms with Crippen molar-refractivity contribution >= 4 is 15.9 Å². The van der Waals surface area contributed by atoms with Crippen molar-refractivity contribution < 1.29 is 9.13 Å². The van der Waals surface area contributed by atoms with Crippen LogP contribution in [0.2, 0.25) is 0 Å². The molecule has 0 saturated carbocycles. The molecule has 1 unspecified atom stereocenters. The van der Waals surface area contributed by atoms with E-state index in [9.17, 15) is 4.39 Å². The number of fused-ring (bicyclic) bond motifs is 1. The van der Waals surface area contributed by atoms with Crippen LogP contribution in [-0.2, 0) is 0 Å². The van der Waals surface area contributed by atoms with E-state index < -0.39 is 0 Å². The lowest BCUT2D eigenvalue weighted by atomic mass is 10.1. The Morgan fingerprint density at radius 1 is 1.60 bits per heavy atom. The maximum absolute atomic E-state index is 13.6. The average Bonchev–Trinajstić information content (AvgIpc) is 2.65. The van der Waals surface area contributed by atoms with Gasteiger partial charge in [0.05, 0.1) is 16.1 Å². The zero-order valence-electron chi connectivity index (χ0n) is 8.52. The van der Waals surface area contributed by atoms with E-state index in [-0.39, 0.29) is 11.9 Å². The molecule has 0 radical (unpaired) electrons. The fraction of sp³-hybridized carbons (Fsp3) is 0.455. The van der Waals surface area contributed by atoms with Gasteiger partial charge in [-0.05, 0) is 41.0 Å². The van der Waals surface area contributed by atoms with Crippen molar-refractivity contribution in [2.45, 2.75) is 19.4 Å². The maximum atomic E-state index is 13.6. The topological polar surface area (TPSA) is 21.3 Å². The third kappa shape index (κ3) is 2.01. The van der Waals surface area contributed by atoms with E-state index in [2.05, 4.69) is 28.2 Å². The molecule has 1 N–H and O–H groups in total. The second kappa shape index (κ2) is 4.49. The largest absolute Gasteiger partial charge is 0.490 e. The zero-order chi connectivity index (χ0) is 10.8. The predicted molar refractivity (Wildman–Crippen MR) is 60.6 cm³/mol. The van der Waals surface area contributed by atoms with Gasteiger partial charge in [0, 0.05) is 0 Å². The second-order valence-electron chi connectivity index (χ2n) is 3.59. The van der Waals surface area contributed by atoms with Crippen molar-refractivity contribution in [2.24, 2.45) is 0 Å². The SMILES string of the molecule is CCCNC1COc2c(Br)ccc(F)c21. The Morgan fingerprint density at radius 2 is 2.40 bits per heavy atom. The van der Waals surface area contributed by atoms with Crippen LogP contribution >= 0.6 is 15.9 Å². The highest BCUT2D eigenvalue weighted by atomic mass is 79.9. The monoisotopic (exact) mass is 273 g/mol. The normalized spacial score (nSPS) is 18.7. The van der Waals surface area contributed by atoms with Gasteiger partial charge in [0.25, 0.3) is 0 Å². The minimum Gasteiger partial charge on any atom is -0.490 e. The molecule has 0 bridgehead atoms. The summed E-state index contributed by atoms with van der Waals surface area (Å²) in [6, 6.07) is 3.13. The van der Waals surface area contributed by atoms with E-state index in [1.165, 1.54) is 6.07 Å². The van der Waals surface area contributed by atoms with Gasteiger partial charge in [0.1, 0.15) is 18.2 Å². The van der Waals surface area contributed by atoms with Crippen molar-refractivity contribution in [2.75, 3.05) is 13.2 Å². The lowest BCUT2D eigenvalue weighted by Crippen LogP contribution is -2.23. The van der Waals surface area contributed by atoms with Gasteiger partial charge in [-0.3, -0.25) is 0 Å². The first kappa shape index (κ1) is 10.9. The molecule has 1 aliphatic rings. The van der Waals surface area contributed by atoms with Crippen molar-refractivity contribution in [1.82, 2.24) is 5.32 Å². The van der Waals surface area contributed by atoms with E-state index in [4.69, 9.17) is 4.74 Å². The fourth-order valence-electron chi connectivity index (χ4n) is 1.75. The van der Waals surface area contributed by atoms with Crippen LogP contribution in [0.3, 0.4) is 0 Å². The molecule has 1 atom stereocenters. The standard InChI is InChI=1S/C11H13BrFNO/c1-2-5-14-9-6-15-11-7(12)3-4-8(13)10(9)11/h3-4,9,14H,2,5-6H2,1H3. The molecule has 1 heterocycles. The summed E-state index contributed by atoms with van der Waals surface area (Å²) >= 11 is 3.36. The third-order valence-electron chi connectivity index (χ3n) is 2.48. The molecule has 82 valence electrons. The molecule has 1 aliphatic heterocycles. The van der Waals surface area contributed by atoms with Gasteiger partial charge in [0.15, 0.2) is 0 Å². The predicted octanol–water partition coefficient (Wildman–Crippen LogP) is 3.02. The van der Waals surface area contributed by atoms with Crippen molar-refractivity contribution in [3.63, 3.8) is 0 Å². The molecular weight excluding hydrogens is 261 g/mol. The smallest absolute Gasteiger partial charge is 0.141 e. The van der Waals surface area contributed by atoms with Gasteiger partial charge in [-0.15, -0.1) is 0 Å². The van der Waals surface area contributed by atoms with Gasteiger partial charge in [-0.2, -0.15) is 0 Å². The fourth-order valence-corrected chi connectivity index (χ4v) is 2.21. The van der Waals surface area contributed by atoms with E-state index in [1.807, 2.05) is 0 Å². The summed E-state index contributed by atoms with van der Waals surface area (Å²) in [5.74, 6) is 0.447. The molecule has 2 nitrogen and oxygen atoms in total. The Labute approximate surface area is 96.9 Å². The molecule has 0 spiro atoms. The molecule has 1 aromatic carbocycles. The highest BCUT2D eigenvalue weighted by Gasteiger charge is 2.28. The third-order valence-corrected chi connectivity index (χ3v) is 3.10. The highest BCUT2D eigenvalue weighted by Crippen LogP contribution is 2.39. The second-order valence-corrected chi connectivity index (χ2v) is 4.44. The molecule has 1 aromatic rings. The van der Waals surface area contributed by atoms with E-state index >= 15 is 0 Å². The van der Waals surface area contributed by atoms with Crippen molar-refractivity contribution in [1.29, 1.82) is 0 Å². The van der Waals surface area contributed by atoms with Crippen LogP contribution in [0.15, 0.2) is 16.6 Å². The first-order valence-electron chi connectivity index (χ1n) is 5.08. The molecule has 0 aliphatic carbocycles. The Hall–Kier alpha value is -0.610. The van der Waals surface area contributed by atoms with Crippen LogP contribution in [0.1, 0.15) is 24.9 Å². The minimum absolute atomic E-state index is 0.0163. The summed E-state index contributed by atoms with van der Waals surface area (Å²) in [6.07, 6.45) is 1.03. The number of hydrogen-bond acceptors (Lipinski definition) is 2. The van der Waals surface area contributed by atoms with Crippen LogP contribution in [0, 0.1) is 5.82 Å². The van der Waals surface area contributed by atoms with Crippen LogP contribution < -0.4 is 10.1 Å². The van der Waals surface area contributed by atoms with Gasteiger partial charge in [-0.1, -0.05) is 6.92 Å². The minimum atomic E-state index is -0.195. The first-order valence-corrected chi connectivity index (χ1v) is 5.87. The Morgan fingerprint density at radius 3 is 3.13 bits per heavy atom. The Kier molecular flexibility index (Phi) is 3.26. The van der Waals surface area contributed by atoms with Gasteiger partial charge < -0.3 is 10.1 Å². The molecule has 0 amide bonds. The molecule has 0 fully saturated rings. The number of benzene rings is 1. The lowest BCUT2D eigenvalue weighted by molar-refractivity contribution is 0.310. The van der Waals surface area contributed by atoms with Gasteiger partial charge in [-0.25, -0.2) is 4.39 Å². The number of ether oxygens (including phenoxy) is 1. The van der Waals surface area contributed by atoms with Crippen LogP contribution in [0.4, 0.5) is 4.39 Å². The molecular formula is C11H13BrFNO. The Bertz CT molecular complexity index is 370. The first-order chi connectivity index (χ1) is 7.24. The number of rotatable bonds is 3. The Balaban J connectivity index is 2.28. The molecule has 15 heavy (non-hydrogen) atoms. The lowest BCUT2D eigenvalue weighted by Gasteiger charge is -2.10. The number of halogens is 2. The highest BCUT2D eigenvalue weighted by molar-refractivity contribution is 9.10. The maximum Gasteiger partial charge on any atom is 0.141 e. The van der Waals surface area contributed by atoms with Gasteiger partial charge >= 0.3 is 0 Å². The quantitative estimate of drug-likeness (QED) is 0.914. The molecule has 4 heteroatoms.